The molecule has 2 aliphatic heterocycles. The standard InChI is InChI=1S/C19H17N3O2/c23-18(14-5-3-8-20-11-14)10-16-19(24)22-9-7-13-4-1-2-6-15(13)17(22)12-21-16/h1-6,8,10-11,17,21H,7,9,12H2. The lowest BCUT2D eigenvalue weighted by atomic mass is 9.90. The summed E-state index contributed by atoms with van der Waals surface area (Å²) in [5.74, 6) is -0.326. The Morgan fingerprint density at radius 1 is 1.25 bits per heavy atom. The molecular weight excluding hydrogens is 302 g/mol. The lowest BCUT2D eigenvalue weighted by Crippen LogP contribution is -2.51. The van der Waals surface area contributed by atoms with E-state index in [2.05, 4.69) is 22.4 Å². The molecule has 24 heavy (non-hydrogen) atoms. The van der Waals surface area contributed by atoms with E-state index >= 15 is 0 Å². The molecule has 4 rings (SSSR count). The largest absolute Gasteiger partial charge is 0.378 e. The number of amides is 1. The van der Waals surface area contributed by atoms with Gasteiger partial charge in [0.05, 0.1) is 6.04 Å². The highest BCUT2D eigenvalue weighted by Crippen LogP contribution is 2.32. The van der Waals surface area contributed by atoms with Gasteiger partial charge in [0.15, 0.2) is 5.78 Å². The van der Waals surface area contributed by atoms with Gasteiger partial charge < -0.3 is 10.2 Å². The quantitative estimate of drug-likeness (QED) is 0.678. The van der Waals surface area contributed by atoms with E-state index in [1.807, 2.05) is 17.0 Å². The zero-order chi connectivity index (χ0) is 16.5. The van der Waals surface area contributed by atoms with Gasteiger partial charge in [-0.25, -0.2) is 0 Å². The van der Waals surface area contributed by atoms with Crippen molar-refractivity contribution >= 4 is 11.7 Å². The number of nitrogens with zero attached hydrogens (tertiary/aromatic N) is 2. The molecule has 1 saturated heterocycles. The van der Waals surface area contributed by atoms with Gasteiger partial charge in [0, 0.05) is 37.1 Å². The van der Waals surface area contributed by atoms with E-state index in [0.29, 0.717) is 24.4 Å². The van der Waals surface area contributed by atoms with Crippen molar-refractivity contribution in [3.63, 3.8) is 0 Å². The van der Waals surface area contributed by atoms with Gasteiger partial charge in [0.25, 0.3) is 5.91 Å². The fourth-order valence-electron chi connectivity index (χ4n) is 3.39. The number of hydrogen-bond donors (Lipinski definition) is 1. The molecule has 1 fully saturated rings. The number of allylic oxidation sites excluding steroid dienone is 1. The van der Waals surface area contributed by atoms with Crippen molar-refractivity contribution in [1.29, 1.82) is 0 Å². The van der Waals surface area contributed by atoms with E-state index in [0.717, 1.165) is 6.42 Å². The van der Waals surface area contributed by atoms with Crippen LogP contribution in [0.2, 0.25) is 0 Å². The highest BCUT2D eigenvalue weighted by atomic mass is 16.2. The minimum atomic E-state index is -0.213. The first-order valence-electron chi connectivity index (χ1n) is 8.03. The van der Waals surface area contributed by atoms with Crippen molar-refractivity contribution in [2.75, 3.05) is 13.1 Å². The number of carbonyl (C=O) groups is 2. The summed E-state index contributed by atoms with van der Waals surface area (Å²) in [6, 6.07) is 11.7. The second-order valence-electron chi connectivity index (χ2n) is 6.01. The number of nitrogens with one attached hydrogen (secondary N) is 1. The molecule has 1 aromatic heterocycles. The molecule has 5 heteroatoms. The number of ketones is 1. The first kappa shape index (κ1) is 14.6. The second-order valence-corrected chi connectivity index (χ2v) is 6.01. The lowest BCUT2D eigenvalue weighted by molar-refractivity contribution is -0.132. The molecule has 1 atom stereocenters. The number of hydrogen-bond acceptors (Lipinski definition) is 4. The van der Waals surface area contributed by atoms with E-state index in [-0.39, 0.29) is 17.7 Å². The number of pyridine rings is 1. The molecule has 1 unspecified atom stereocenters. The van der Waals surface area contributed by atoms with E-state index in [4.69, 9.17) is 0 Å². The summed E-state index contributed by atoms with van der Waals surface area (Å²) >= 11 is 0. The second kappa shape index (κ2) is 5.92. The van der Waals surface area contributed by atoms with E-state index in [9.17, 15) is 9.59 Å². The highest BCUT2D eigenvalue weighted by Gasteiger charge is 2.36. The van der Waals surface area contributed by atoms with Crippen LogP contribution in [0.1, 0.15) is 27.5 Å². The van der Waals surface area contributed by atoms with E-state index < -0.39 is 0 Å². The topological polar surface area (TPSA) is 62.3 Å². The van der Waals surface area contributed by atoms with Crippen LogP contribution < -0.4 is 5.32 Å². The normalized spacial score (nSPS) is 21.0. The number of benzene rings is 1. The Morgan fingerprint density at radius 3 is 2.96 bits per heavy atom. The predicted octanol–water partition coefficient (Wildman–Crippen LogP) is 1.88. The Labute approximate surface area is 140 Å². The zero-order valence-electron chi connectivity index (χ0n) is 13.1. The number of fused-ring (bicyclic) bond motifs is 3. The summed E-state index contributed by atoms with van der Waals surface area (Å²) in [6.45, 7) is 1.30. The Morgan fingerprint density at radius 2 is 2.12 bits per heavy atom. The molecule has 3 heterocycles. The first-order valence-corrected chi connectivity index (χ1v) is 8.03. The zero-order valence-corrected chi connectivity index (χ0v) is 13.1. The summed E-state index contributed by atoms with van der Waals surface area (Å²) in [6.07, 6.45) is 5.36. The maximum Gasteiger partial charge on any atom is 0.270 e. The van der Waals surface area contributed by atoms with Gasteiger partial charge >= 0.3 is 0 Å². The third-order valence-corrected chi connectivity index (χ3v) is 4.61. The molecule has 0 radical (unpaired) electrons. The van der Waals surface area contributed by atoms with Crippen LogP contribution in [0, 0.1) is 0 Å². The van der Waals surface area contributed by atoms with Crippen LogP contribution in [0.4, 0.5) is 0 Å². The first-order chi connectivity index (χ1) is 11.7. The highest BCUT2D eigenvalue weighted by molar-refractivity contribution is 6.09. The summed E-state index contributed by atoms with van der Waals surface area (Å²) in [5.41, 5.74) is 3.33. The molecule has 2 aromatic rings. The Kier molecular flexibility index (Phi) is 3.61. The number of piperazine rings is 1. The van der Waals surface area contributed by atoms with Crippen molar-refractivity contribution < 1.29 is 9.59 Å². The van der Waals surface area contributed by atoms with Crippen molar-refractivity contribution in [3.8, 4) is 0 Å². The monoisotopic (exact) mass is 319 g/mol. The molecule has 120 valence electrons. The Bertz CT molecular complexity index is 830. The molecule has 0 aliphatic carbocycles. The summed E-state index contributed by atoms with van der Waals surface area (Å²) < 4.78 is 0. The molecule has 0 spiro atoms. The van der Waals surface area contributed by atoms with Gasteiger partial charge in [-0.2, -0.15) is 0 Å². The van der Waals surface area contributed by atoms with Crippen LogP contribution in [-0.2, 0) is 11.2 Å². The lowest BCUT2D eigenvalue weighted by Gasteiger charge is -2.41. The molecule has 1 amide bonds. The third kappa shape index (κ3) is 2.48. The summed E-state index contributed by atoms with van der Waals surface area (Å²) in [5, 5.41) is 3.14. The third-order valence-electron chi connectivity index (χ3n) is 4.61. The number of rotatable bonds is 2. The summed E-state index contributed by atoms with van der Waals surface area (Å²) in [4.78, 5) is 30.9. The molecule has 0 bridgehead atoms. The van der Waals surface area contributed by atoms with Gasteiger partial charge in [0.1, 0.15) is 5.70 Å². The van der Waals surface area contributed by atoms with Crippen molar-refractivity contribution in [3.05, 3.63) is 77.3 Å². The maximum atomic E-state index is 12.8. The molecular formula is C19H17N3O2. The van der Waals surface area contributed by atoms with E-state index in [1.165, 1.54) is 23.4 Å². The van der Waals surface area contributed by atoms with Gasteiger partial charge in [0.2, 0.25) is 0 Å². The molecule has 0 saturated carbocycles. The SMILES string of the molecule is O=C(C=C1NCC2c3ccccc3CCN2C1=O)c1cccnc1. The predicted molar refractivity (Wildman–Crippen MR) is 89.3 cm³/mol. The Balaban J connectivity index is 1.60. The minimum absolute atomic E-state index is 0.0353. The minimum Gasteiger partial charge on any atom is -0.378 e. The molecule has 2 aliphatic rings. The van der Waals surface area contributed by atoms with Gasteiger partial charge in [-0.05, 0) is 29.7 Å². The van der Waals surface area contributed by atoms with Crippen LogP contribution in [0.15, 0.2) is 60.6 Å². The average molecular weight is 319 g/mol. The van der Waals surface area contributed by atoms with Gasteiger partial charge in [-0.3, -0.25) is 14.6 Å². The number of aromatic nitrogens is 1. The van der Waals surface area contributed by atoms with Crippen molar-refractivity contribution in [1.82, 2.24) is 15.2 Å². The molecule has 1 aromatic carbocycles. The fraction of sp³-hybridized carbons (Fsp3) is 0.211. The van der Waals surface area contributed by atoms with Gasteiger partial charge in [-0.15, -0.1) is 0 Å². The van der Waals surface area contributed by atoms with Crippen LogP contribution in [0.25, 0.3) is 0 Å². The van der Waals surface area contributed by atoms with Crippen molar-refractivity contribution in [2.24, 2.45) is 0 Å². The van der Waals surface area contributed by atoms with Crippen molar-refractivity contribution in [2.45, 2.75) is 12.5 Å². The smallest absolute Gasteiger partial charge is 0.270 e. The van der Waals surface area contributed by atoms with Gasteiger partial charge in [-0.1, -0.05) is 24.3 Å². The van der Waals surface area contributed by atoms with Crippen LogP contribution in [-0.4, -0.2) is 34.7 Å². The van der Waals surface area contributed by atoms with Crippen LogP contribution in [0.5, 0.6) is 0 Å². The summed E-state index contributed by atoms with van der Waals surface area (Å²) in [7, 11) is 0. The van der Waals surface area contributed by atoms with Crippen LogP contribution >= 0.6 is 0 Å². The molecule has 1 N–H and O–H groups in total. The van der Waals surface area contributed by atoms with E-state index in [1.54, 1.807) is 18.3 Å². The molecule has 5 nitrogen and oxygen atoms in total. The fourth-order valence-corrected chi connectivity index (χ4v) is 3.39. The number of carbonyl (C=O) groups excluding carboxylic acids is 2. The Hall–Kier alpha value is -2.95. The van der Waals surface area contributed by atoms with Crippen LogP contribution in [0.3, 0.4) is 0 Å². The maximum absolute atomic E-state index is 12.8. The average Bonchev–Trinajstić information content (AvgIpc) is 2.64.